The lowest BCUT2D eigenvalue weighted by Crippen LogP contribution is -2.36. The van der Waals surface area contributed by atoms with Gasteiger partial charge in [0, 0.05) is 18.7 Å². The normalized spacial score (nSPS) is 10.8. The molecule has 9 heteroatoms. The van der Waals surface area contributed by atoms with Crippen LogP contribution in [0, 0.1) is 0 Å². The van der Waals surface area contributed by atoms with Crippen LogP contribution in [-0.4, -0.2) is 51.1 Å². The number of methoxy groups -OCH3 is 1. The Labute approximate surface area is 174 Å². The number of carbonyl (C=O) groups excluding carboxylic acids is 2. The fourth-order valence-corrected chi connectivity index (χ4v) is 2.75. The van der Waals surface area contributed by atoms with Gasteiger partial charge < -0.3 is 25.0 Å². The number of nitrogens with zero attached hydrogens (tertiary/aromatic N) is 1. The van der Waals surface area contributed by atoms with Crippen molar-refractivity contribution in [2.24, 2.45) is 0 Å². The second-order valence-corrected chi connectivity index (χ2v) is 6.71. The number of hydrogen-bond donors (Lipinski definition) is 2. The van der Waals surface area contributed by atoms with Gasteiger partial charge in [0.1, 0.15) is 0 Å². The summed E-state index contributed by atoms with van der Waals surface area (Å²) >= 11 is 0. The fraction of sp³-hybridized carbons (Fsp3) is 0.333. The lowest BCUT2D eigenvalue weighted by atomic mass is 10.1. The summed E-state index contributed by atoms with van der Waals surface area (Å²) in [6, 6.07) is 11.6. The maximum absolute atomic E-state index is 12.4. The smallest absolute Gasteiger partial charge is 0.387 e. The zero-order valence-corrected chi connectivity index (χ0v) is 17.1. The first kappa shape index (κ1) is 23.1. The number of benzene rings is 2. The van der Waals surface area contributed by atoms with Gasteiger partial charge in [-0.25, -0.2) is 0 Å². The van der Waals surface area contributed by atoms with Crippen LogP contribution in [0.25, 0.3) is 0 Å². The number of nitrogens with one attached hydrogen (secondary N) is 2. The van der Waals surface area contributed by atoms with Gasteiger partial charge in [-0.05, 0) is 43.4 Å². The van der Waals surface area contributed by atoms with E-state index >= 15 is 0 Å². The van der Waals surface area contributed by atoms with E-state index in [1.165, 1.54) is 25.3 Å². The number of halogens is 2. The number of amides is 2. The zero-order chi connectivity index (χ0) is 22.1. The van der Waals surface area contributed by atoms with Crippen molar-refractivity contribution in [3.05, 3.63) is 59.2 Å². The molecule has 0 aliphatic heterocycles. The van der Waals surface area contributed by atoms with E-state index < -0.39 is 12.5 Å². The highest BCUT2D eigenvalue weighted by molar-refractivity contribution is 5.97. The Hall–Kier alpha value is -3.20. The van der Waals surface area contributed by atoms with Crippen molar-refractivity contribution in [1.82, 2.24) is 15.5 Å². The molecule has 162 valence electrons. The highest BCUT2D eigenvalue weighted by Crippen LogP contribution is 2.29. The van der Waals surface area contributed by atoms with Gasteiger partial charge in [0.25, 0.3) is 5.91 Å². The molecule has 2 aromatic carbocycles. The van der Waals surface area contributed by atoms with Crippen LogP contribution in [0.3, 0.4) is 0 Å². The standard InChI is InChI=1S/C21H25F2N3O4/c1-26(2)13-16-7-5-4-6-15(16)11-24-19(27)12-25-20(28)14-8-9-17(30-21(22)23)18(10-14)29-3/h4-10,21H,11-13H2,1-3H3,(H,24,27)(H,25,28). The van der Waals surface area contributed by atoms with Gasteiger partial charge in [0.15, 0.2) is 11.5 Å². The van der Waals surface area contributed by atoms with Crippen molar-refractivity contribution >= 4 is 11.8 Å². The minimum Gasteiger partial charge on any atom is -0.493 e. The third-order valence-electron chi connectivity index (χ3n) is 4.13. The summed E-state index contributed by atoms with van der Waals surface area (Å²) in [4.78, 5) is 26.4. The molecule has 2 rings (SSSR count). The van der Waals surface area contributed by atoms with Crippen LogP contribution in [-0.2, 0) is 17.9 Å². The third-order valence-corrected chi connectivity index (χ3v) is 4.13. The number of carbonyl (C=O) groups is 2. The van der Waals surface area contributed by atoms with Crippen molar-refractivity contribution in [3.63, 3.8) is 0 Å². The Kier molecular flexibility index (Phi) is 8.54. The van der Waals surface area contributed by atoms with E-state index in [-0.39, 0.29) is 29.5 Å². The van der Waals surface area contributed by atoms with Crippen molar-refractivity contribution in [2.75, 3.05) is 27.7 Å². The average molecular weight is 421 g/mol. The minimum absolute atomic E-state index is 0.00935. The molecule has 0 bridgehead atoms. The van der Waals surface area contributed by atoms with Crippen LogP contribution in [0.2, 0.25) is 0 Å². The van der Waals surface area contributed by atoms with Gasteiger partial charge >= 0.3 is 6.61 Å². The fourth-order valence-electron chi connectivity index (χ4n) is 2.75. The Morgan fingerprint density at radius 3 is 2.37 bits per heavy atom. The van der Waals surface area contributed by atoms with Crippen LogP contribution in [0.1, 0.15) is 21.5 Å². The zero-order valence-electron chi connectivity index (χ0n) is 17.1. The minimum atomic E-state index is -3.01. The molecule has 0 fully saturated rings. The molecule has 0 aromatic heterocycles. The maximum Gasteiger partial charge on any atom is 0.387 e. The summed E-state index contributed by atoms with van der Waals surface area (Å²) in [5, 5.41) is 5.26. The maximum atomic E-state index is 12.4. The molecule has 0 saturated heterocycles. The quantitative estimate of drug-likeness (QED) is 0.616. The highest BCUT2D eigenvalue weighted by Gasteiger charge is 2.15. The predicted molar refractivity (Wildman–Crippen MR) is 108 cm³/mol. The summed E-state index contributed by atoms with van der Waals surface area (Å²) in [6.45, 7) is -2.15. The molecule has 30 heavy (non-hydrogen) atoms. The van der Waals surface area contributed by atoms with Crippen LogP contribution < -0.4 is 20.1 Å². The summed E-state index contributed by atoms with van der Waals surface area (Å²) in [6.07, 6.45) is 0. The second kappa shape index (κ2) is 11.1. The monoisotopic (exact) mass is 421 g/mol. The second-order valence-electron chi connectivity index (χ2n) is 6.71. The van der Waals surface area contributed by atoms with Crippen LogP contribution in [0.4, 0.5) is 8.78 Å². The molecule has 0 saturated carbocycles. The van der Waals surface area contributed by atoms with Crippen LogP contribution in [0.15, 0.2) is 42.5 Å². The van der Waals surface area contributed by atoms with E-state index in [0.29, 0.717) is 6.54 Å². The molecule has 7 nitrogen and oxygen atoms in total. The van der Waals surface area contributed by atoms with E-state index in [0.717, 1.165) is 17.7 Å². The molecule has 0 atom stereocenters. The molecule has 0 radical (unpaired) electrons. The summed E-state index contributed by atoms with van der Waals surface area (Å²) in [7, 11) is 5.20. The molecule has 2 aromatic rings. The van der Waals surface area contributed by atoms with Crippen molar-refractivity contribution in [2.45, 2.75) is 19.7 Å². The lowest BCUT2D eigenvalue weighted by Gasteiger charge is -2.15. The molecule has 2 amide bonds. The van der Waals surface area contributed by atoms with Crippen molar-refractivity contribution in [1.29, 1.82) is 0 Å². The first-order valence-corrected chi connectivity index (χ1v) is 9.19. The molecule has 0 aliphatic carbocycles. The molecular formula is C21H25F2N3O4. The molecule has 0 spiro atoms. The van der Waals surface area contributed by atoms with Crippen LogP contribution >= 0.6 is 0 Å². The number of rotatable bonds is 10. The van der Waals surface area contributed by atoms with Crippen molar-refractivity contribution in [3.8, 4) is 11.5 Å². The summed E-state index contributed by atoms with van der Waals surface area (Å²) < 4.78 is 34.1. The van der Waals surface area contributed by atoms with Gasteiger partial charge in [-0.1, -0.05) is 24.3 Å². The van der Waals surface area contributed by atoms with E-state index in [2.05, 4.69) is 15.4 Å². The average Bonchev–Trinajstić information content (AvgIpc) is 2.70. The molecule has 0 aliphatic rings. The topological polar surface area (TPSA) is 79.9 Å². The van der Waals surface area contributed by atoms with E-state index in [1.54, 1.807) is 0 Å². The van der Waals surface area contributed by atoms with Crippen molar-refractivity contribution < 1.29 is 27.8 Å². The Bertz CT molecular complexity index is 875. The van der Waals surface area contributed by atoms with Crippen LogP contribution in [0.5, 0.6) is 11.5 Å². The first-order chi connectivity index (χ1) is 14.3. The van der Waals surface area contributed by atoms with Gasteiger partial charge in [0.2, 0.25) is 5.91 Å². The Balaban J connectivity index is 1.90. The van der Waals surface area contributed by atoms with Gasteiger partial charge in [-0.3, -0.25) is 9.59 Å². The van der Waals surface area contributed by atoms with E-state index in [9.17, 15) is 18.4 Å². The van der Waals surface area contributed by atoms with Gasteiger partial charge in [-0.15, -0.1) is 0 Å². The molecule has 0 heterocycles. The SMILES string of the molecule is COc1cc(C(=O)NCC(=O)NCc2ccccc2CN(C)C)ccc1OC(F)F. The molecular weight excluding hydrogens is 396 g/mol. The molecule has 0 unspecified atom stereocenters. The number of alkyl halides is 2. The number of ether oxygens (including phenoxy) is 2. The third kappa shape index (κ3) is 7.00. The first-order valence-electron chi connectivity index (χ1n) is 9.19. The highest BCUT2D eigenvalue weighted by atomic mass is 19.3. The van der Waals surface area contributed by atoms with E-state index in [1.807, 2.05) is 43.3 Å². The molecule has 2 N–H and O–H groups in total. The van der Waals surface area contributed by atoms with Gasteiger partial charge in [-0.2, -0.15) is 8.78 Å². The summed E-state index contributed by atoms with van der Waals surface area (Å²) in [5.74, 6) is -1.09. The Morgan fingerprint density at radius 2 is 1.73 bits per heavy atom. The Morgan fingerprint density at radius 1 is 1.03 bits per heavy atom. The van der Waals surface area contributed by atoms with E-state index in [4.69, 9.17) is 4.74 Å². The predicted octanol–water partition coefficient (Wildman–Crippen LogP) is 2.40. The summed E-state index contributed by atoms with van der Waals surface area (Å²) in [5.41, 5.74) is 2.24. The van der Waals surface area contributed by atoms with Gasteiger partial charge in [0.05, 0.1) is 13.7 Å². The lowest BCUT2D eigenvalue weighted by molar-refractivity contribution is -0.120. The largest absolute Gasteiger partial charge is 0.493 e. The number of hydrogen-bond acceptors (Lipinski definition) is 5.